The molecule has 27 heavy (non-hydrogen) atoms. The quantitative estimate of drug-likeness (QED) is 0.787. The third kappa shape index (κ3) is 4.03. The van der Waals surface area contributed by atoms with E-state index in [1.165, 1.54) is 6.92 Å². The van der Waals surface area contributed by atoms with Crippen LogP contribution in [0, 0.1) is 24.2 Å². The summed E-state index contributed by atoms with van der Waals surface area (Å²) in [6.45, 7) is 9.55. The lowest BCUT2D eigenvalue weighted by molar-refractivity contribution is 0.103. The van der Waals surface area contributed by atoms with Crippen molar-refractivity contribution in [2.75, 3.05) is 6.61 Å². The third-order valence-electron chi connectivity index (χ3n) is 4.19. The van der Waals surface area contributed by atoms with Gasteiger partial charge in [0.1, 0.15) is 17.4 Å². The maximum Gasteiger partial charge on any atom is 0.271 e. The van der Waals surface area contributed by atoms with Crippen molar-refractivity contribution in [2.24, 2.45) is 5.92 Å². The Morgan fingerprint density at radius 3 is 2.30 bits per heavy atom. The van der Waals surface area contributed by atoms with Gasteiger partial charge in [0, 0.05) is 11.6 Å². The largest absolute Gasteiger partial charge is 0.494 e. The van der Waals surface area contributed by atoms with Gasteiger partial charge in [0.15, 0.2) is 5.78 Å². The molecule has 0 radical (unpaired) electrons. The molecule has 0 amide bonds. The highest BCUT2D eigenvalue weighted by Crippen LogP contribution is 2.27. The molecule has 2 aromatic rings. The van der Waals surface area contributed by atoms with Crippen LogP contribution < -0.4 is 10.3 Å². The first-order chi connectivity index (χ1) is 12.7. The normalized spacial score (nSPS) is 10.9. The van der Waals surface area contributed by atoms with E-state index in [2.05, 4.69) is 0 Å². The van der Waals surface area contributed by atoms with Crippen LogP contribution in [-0.2, 0) is 0 Å². The Balaban J connectivity index is 2.52. The van der Waals surface area contributed by atoms with Crippen LogP contribution in [0.15, 0.2) is 29.1 Å². The molecule has 0 saturated carbocycles. The van der Waals surface area contributed by atoms with E-state index in [-0.39, 0.29) is 16.7 Å². The van der Waals surface area contributed by atoms with Gasteiger partial charge in [-0.25, -0.2) is 0 Å². The van der Waals surface area contributed by atoms with Gasteiger partial charge in [-0.15, -0.1) is 0 Å². The third-order valence-corrected chi connectivity index (χ3v) is 4.19. The monoisotopic (exact) mass is 368 g/mol. The fourth-order valence-corrected chi connectivity index (χ4v) is 2.78. The van der Waals surface area contributed by atoms with Crippen LogP contribution in [0.5, 0.6) is 11.6 Å². The number of ketones is 1. The Labute approximate surface area is 158 Å². The van der Waals surface area contributed by atoms with E-state index >= 15 is 0 Å². The van der Waals surface area contributed by atoms with Crippen molar-refractivity contribution >= 4 is 5.78 Å². The van der Waals surface area contributed by atoms with Gasteiger partial charge in [-0.2, -0.15) is 5.26 Å². The number of aromatic nitrogens is 1. The lowest BCUT2D eigenvalue weighted by atomic mass is 9.97. The Hall–Kier alpha value is -3.07. The fraction of sp³-hybridized carbons (Fsp3) is 0.381. The minimum atomic E-state index is -0.600. The van der Waals surface area contributed by atoms with E-state index in [9.17, 15) is 20.0 Å². The minimum absolute atomic E-state index is 0.0318. The zero-order valence-corrected chi connectivity index (χ0v) is 16.2. The van der Waals surface area contributed by atoms with E-state index in [4.69, 9.17) is 4.74 Å². The summed E-state index contributed by atoms with van der Waals surface area (Å²) in [7, 11) is 0. The summed E-state index contributed by atoms with van der Waals surface area (Å²) >= 11 is 0. The topological polar surface area (TPSA) is 92.3 Å². The van der Waals surface area contributed by atoms with Gasteiger partial charge in [0.25, 0.3) is 5.56 Å². The number of aromatic hydroxyl groups is 1. The van der Waals surface area contributed by atoms with E-state index in [1.54, 1.807) is 38.1 Å². The van der Waals surface area contributed by atoms with E-state index in [0.29, 0.717) is 23.8 Å². The smallest absolute Gasteiger partial charge is 0.271 e. The number of rotatable bonds is 6. The van der Waals surface area contributed by atoms with Crippen LogP contribution in [0.1, 0.15) is 60.8 Å². The molecule has 0 atom stereocenters. The van der Waals surface area contributed by atoms with Crippen molar-refractivity contribution in [3.8, 4) is 17.7 Å². The molecule has 1 aromatic carbocycles. The van der Waals surface area contributed by atoms with Gasteiger partial charge in [-0.3, -0.25) is 14.2 Å². The first-order valence-corrected chi connectivity index (χ1v) is 8.84. The molecule has 1 aromatic heterocycles. The van der Waals surface area contributed by atoms with Gasteiger partial charge in [-0.1, -0.05) is 13.8 Å². The second-order valence-corrected chi connectivity index (χ2v) is 7.14. The Morgan fingerprint density at radius 2 is 1.81 bits per heavy atom. The fourth-order valence-electron chi connectivity index (χ4n) is 2.78. The van der Waals surface area contributed by atoms with Crippen molar-refractivity contribution in [2.45, 2.75) is 40.7 Å². The number of carbonyl (C=O) groups is 1. The molecule has 0 saturated heterocycles. The minimum Gasteiger partial charge on any atom is -0.494 e. The lowest BCUT2D eigenvalue weighted by Gasteiger charge is -2.18. The highest BCUT2D eigenvalue weighted by atomic mass is 16.5. The summed E-state index contributed by atoms with van der Waals surface area (Å²) < 4.78 is 6.68. The molecule has 2 rings (SSSR count). The van der Waals surface area contributed by atoms with Crippen LogP contribution in [0.2, 0.25) is 0 Å². The molecule has 0 unspecified atom stereocenters. The summed E-state index contributed by atoms with van der Waals surface area (Å²) in [6, 6.07) is 8.04. The molecular formula is C21H24N2O4. The Bertz CT molecular complexity index is 948. The number of nitrogens with zero attached hydrogens (tertiary/aromatic N) is 2. The number of carbonyl (C=O) groups excluding carboxylic acids is 1. The van der Waals surface area contributed by atoms with E-state index in [1.807, 2.05) is 19.9 Å². The summed E-state index contributed by atoms with van der Waals surface area (Å²) in [4.78, 5) is 25.4. The lowest BCUT2D eigenvalue weighted by Crippen LogP contribution is -2.28. The average Bonchev–Trinajstić information content (AvgIpc) is 2.60. The highest BCUT2D eigenvalue weighted by Gasteiger charge is 2.25. The maximum atomic E-state index is 13.0. The standard InChI is InChI=1S/C21H24N2O4/c1-12(2)11-27-16-8-6-15(7-9-16)19(24)18-14(5)17(10-22)20(25)23(13(3)4)21(18)26/h6-9,12-13,26H,11H2,1-5H3. The second-order valence-electron chi connectivity index (χ2n) is 7.14. The van der Waals surface area contributed by atoms with Crippen molar-refractivity contribution < 1.29 is 14.6 Å². The highest BCUT2D eigenvalue weighted by molar-refractivity contribution is 6.11. The predicted octanol–water partition coefficient (Wildman–Crippen LogP) is 3.58. The Kier molecular flexibility index (Phi) is 6.06. The summed E-state index contributed by atoms with van der Waals surface area (Å²) in [5, 5.41) is 19.9. The zero-order chi connectivity index (χ0) is 20.3. The van der Waals surface area contributed by atoms with Gasteiger partial charge < -0.3 is 9.84 Å². The zero-order valence-electron chi connectivity index (χ0n) is 16.2. The van der Waals surface area contributed by atoms with Crippen molar-refractivity contribution in [3.63, 3.8) is 0 Å². The van der Waals surface area contributed by atoms with E-state index < -0.39 is 23.3 Å². The van der Waals surface area contributed by atoms with Crippen LogP contribution in [0.4, 0.5) is 0 Å². The van der Waals surface area contributed by atoms with Gasteiger partial charge >= 0.3 is 0 Å². The van der Waals surface area contributed by atoms with Gasteiger partial charge in [-0.05, 0) is 56.5 Å². The van der Waals surface area contributed by atoms with Crippen LogP contribution in [0.3, 0.4) is 0 Å². The molecule has 6 nitrogen and oxygen atoms in total. The van der Waals surface area contributed by atoms with Crippen molar-refractivity contribution in [3.05, 3.63) is 56.9 Å². The van der Waals surface area contributed by atoms with E-state index in [0.717, 1.165) is 4.57 Å². The molecule has 1 N–H and O–H groups in total. The number of ether oxygens (including phenoxy) is 1. The Morgan fingerprint density at radius 1 is 1.22 bits per heavy atom. The molecule has 0 fully saturated rings. The molecule has 0 bridgehead atoms. The van der Waals surface area contributed by atoms with Gasteiger partial charge in [0.2, 0.25) is 5.88 Å². The average molecular weight is 368 g/mol. The molecular weight excluding hydrogens is 344 g/mol. The van der Waals surface area contributed by atoms with Crippen LogP contribution in [0.25, 0.3) is 0 Å². The molecule has 0 aliphatic rings. The first kappa shape index (κ1) is 20.2. The SMILES string of the molecule is Cc1c(C(=O)c2ccc(OCC(C)C)cc2)c(O)n(C(C)C)c(=O)c1C#N. The van der Waals surface area contributed by atoms with Crippen LogP contribution in [-0.4, -0.2) is 22.1 Å². The number of hydrogen-bond donors (Lipinski definition) is 1. The number of benzene rings is 1. The number of pyridine rings is 1. The summed E-state index contributed by atoms with van der Waals surface area (Å²) in [5.74, 6) is 0.154. The summed E-state index contributed by atoms with van der Waals surface area (Å²) in [5.41, 5.74) is -0.251. The molecule has 1 heterocycles. The molecule has 0 aliphatic carbocycles. The first-order valence-electron chi connectivity index (χ1n) is 8.84. The summed E-state index contributed by atoms with van der Waals surface area (Å²) in [6.07, 6.45) is 0. The van der Waals surface area contributed by atoms with Crippen molar-refractivity contribution in [1.82, 2.24) is 4.57 Å². The second kappa shape index (κ2) is 8.09. The van der Waals surface area contributed by atoms with Crippen molar-refractivity contribution in [1.29, 1.82) is 5.26 Å². The molecule has 0 aliphatic heterocycles. The number of hydrogen-bond acceptors (Lipinski definition) is 5. The van der Waals surface area contributed by atoms with Crippen LogP contribution >= 0.6 is 0 Å². The molecule has 6 heteroatoms. The maximum absolute atomic E-state index is 13.0. The number of nitriles is 1. The molecule has 0 spiro atoms. The van der Waals surface area contributed by atoms with Gasteiger partial charge in [0.05, 0.1) is 12.2 Å². The predicted molar refractivity (Wildman–Crippen MR) is 102 cm³/mol. The molecule has 142 valence electrons.